The van der Waals surface area contributed by atoms with Gasteiger partial charge in [-0.05, 0) is 39.3 Å². The van der Waals surface area contributed by atoms with Crippen LogP contribution in [0.2, 0.25) is 5.02 Å². The Morgan fingerprint density at radius 2 is 1.91 bits per heavy atom. The molecule has 2 aromatic rings. The second kappa shape index (κ2) is 9.94. The molecule has 0 radical (unpaired) electrons. The van der Waals surface area contributed by atoms with Crippen LogP contribution in [0.25, 0.3) is 11.3 Å². The third-order valence-corrected chi connectivity index (χ3v) is 5.50. The maximum Gasteiger partial charge on any atom is 0.411 e. The standard InChI is InChI=1S/C22H26ClF2N5O3/c1-12-16(25)6-18(30(12)21(32)33-22(2,3)4)20(31)29-8-13-5-17(26-11-15(13)23)14-9-27-19(7-24)28-10-14/h5,9-12,16,18H,6-8H2,1-4H3,(H,29,31)/t12-,16+,18-/m0/s1. The SMILES string of the molecule is C[C@H]1[C@H](F)C[C@@H](C(=O)NCc2cc(-c3cnc(CF)nc3)ncc2Cl)N1C(=O)OC(C)(C)C. The van der Waals surface area contributed by atoms with Gasteiger partial charge in [-0.2, -0.15) is 0 Å². The highest BCUT2D eigenvalue weighted by atomic mass is 35.5. The Labute approximate surface area is 195 Å². The molecule has 1 aliphatic heterocycles. The molecule has 1 N–H and O–H groups in total. The maximum absolute atomic E-state index is 14.4. The normalized spacial score (nSPS) is 20.6. The van der Waals surface area contributed by atoms with E-state index in [9.17, 15) is 18.4 Å². The second-order valence-corrected chi connectivity index (χ2v) is 9.20. The van der Waals surface area contributed by atoms with Crippen molar-refractivity contribution in [2.45, 2.75) is 71.2 Å². The lowest BCUT2D eigenvalue weighted by molar-refractivity contribution is -0.126. The molecule has 33 heavy (non-hydrogen) atoms. The number of nitrogens with one attached hydrogen (secondary N) is 1. The molecule has 3 rings (SSSR count). The van der Waals surface area contributed by atoms with E-state index in [1.165, 1.54) is 18.6 Å². The molecule has 8 nitrogen and oxygen atoms in total. The average Bonchev–Trinajstić information content (AvgIpc) is 3.06. The number of halogens is 3. The van der Waals surface area contributed by atoms with Crippen LogP contribution in [0.5, 0.6) is 0 Å². The molecule has 3 heterocycles. The molecule has 0 bridgehead atoms. The van der Waals surface area contributed by atoms with Crippen molar-refractivity contribution in [2.75, 3.05) is 0 Å². The summed E-state index contributed by atoms with van der Waals surface area (Å²) in [6, 6.07) is -0.150. The fraction of sp³-hybridized carbons (Fsp3) is 0.500. The van der Waals surface area contributed by atoms with Crippen LogP contribution in [0.4, 0.5) is 13.6 Å². The maximum atomic E-state index is 14.4. The Bertz CT molecular complexity index is 1020. The number of carbonyl (C=O) groups is 2. The summed E-state index contributed by atoms with van der Waals surface area (Å²) in [5, 5.41) is 3.03. The van der Waals surface area contributed by atoms with Crippen molar-refractivity contribution in [2.24, 2.45) is 0 Å². The van der Waals surface area contributed by atoms with E-state index in [1.54, 1.807) is 33.8 Å². The predicted molar refractivity (Wildman–Crippen MR) is 118 cm³/mol. The molecule has 11 heteroatoms. The molecule has 178 valence electrons. The van der Waals surface area contributed by atoms with E-state index in [2.05, 4.69) is 20.3 Å². The summed E-state index contributed by atoms with van der Waals surface area (Å²) in [4.78, 5) is 38.7. The highest BCUT2D eigenvalue weighted by Gasteiger charge is 2.46. The number of hydrogen-bond donors (Lipinski definition) is 1. The van der Waals surface area contributed by atoms with Crippen molar-refractivity contribution in [1.82, 2.24) is 25.2 Å². The molecule has 2 amide bonds. The Balaban J connectivity index is 1.73. The summed E-state index contributed by atoms with van der Waals surface area (Å²) in [7, 11) is 0. The number of pyridine rings is 1. The van der Waals surface area contributed by atoms with Gasteiger partial charge in [-0.15, -0.1) is 0 Å². The van der Waals surface area contributed by atoms with Crippen LogP contribution in [0.3, 0.4) is 0 Å². The first kappa shape index (κ1) is 24.8. The zero-order valence-electron chi connectivity index (χ0n) is 18.8. The zero-order chi connectivity index (χ0) is 24.3. The van der Waals surface area contributed by atoms with E-state index >= 15 is 0 Å². The quantitative estimate of drug-likeness (QED) is 0.693. The third-order valence-electron chi connectivity index (χ3n) is 5.16. The lowest BCUT2D eigenvalue weighted by Gasteiger charge is -2.30. The number of rotatable bonds is 5. The van der Waals surface area contributed by atoms with Crippen LogP contribution in [-0.4, -0.2) is 55.7 Å². The smallest absolute Gasteiger partial charge is 0.411 e. The fourth-order valence-electron chi connectivity index (χ4n) is 3.45. The Hall–Kier alpha value is -2.88. The number of nitrogens with zero attached hydrogens (tertiary/aromatic N) is 4. The number of carbonyl (C=O) groups excluding carboxylic acids is 2. The minimum absolute atomic E-state index is 0.0284. The van der Waals surface area contributed by atoms with Gasteiger partial charge in [0.1, 0.15) is 24.5 Å². The van der Waals surface area contributed by atoms with Gasteiger partial charge in [0.25, 0.3) is 0 Å². The first-order chi connectivity index (χ1) is 15.5. The monoisotopic (exact) mass is 481 g/mol. The lowest BCUT2D eigenvalue weighted by Crippen LogP contribution is -2.50. The highest BCUT2D eigenvalue weighted by molar-refractivity contribution is 6.31. The van der Waals surface area contributed by atoms with Crippen LogP contribution >= 0.6 is 11.6 Å². The summed E-state index contributed by atoms with van der Waals surface area (Å²) in [5.74, 6) is -0.454. The van der Waals surface area contributed by atoms with E-state index in [0.717, 1.165) is 4.90 Å². The van der Waals surface area contributed by atoms with Crippen LogP contribution < -0.4 is 5.32 Å². The fourth-order valence-corrected chi connectivity index (χ4v) is 3.62. The van der Waals surface area contributed by atoms with Gasteiger partial charge in [0, 0.05) is 37.1 Å². The number of aromatic nitrogens is 3. The van der Waals surface area contributed by atoms with Gasteiger partial charge in [0.15, 0.2) is 5.82 Å². The van der Waals surface area contributed by atoms with E-state index < -0.39 is 42.5 Å². The Morgan fingerprint density at radius 1 is 1.24 bits per heavy atom. The first-order valence-electron chi connectivity index (χ1n) is 10.4. The largest absolute Gasteiger partial charge is 0.444 e. The molecule has 1 aliphatic rings. The van der Waals surface area contributed by atoms with E-state index in [-0.39, 0.29) is 18.8 Å². The van der Waals surface area contributed by atoms with E-state index in [0.29, 0.717) is 21.8 Å². The topological polar surface area (TPSA) is 97.3 Å². The van der Waals surface area contributed by atoms with E-state index in [4.69, 9.17) is 16.3 Å². The predicted octanol–water partition coefficient (Wildman–Crippen LogP) is 4.01. The molecule has 0 aromatic carbocycles. The van der Waals surface area contributed by atoms with Crippen LogP contribution in [0, 0.1) is 0 Å². The summed E-state index contributed by atoms with van der Waals surface area (Å²) in [5.41, 5.74) is 0.815. The summed E-state index contributed by atoms with van der Waals surface area (Å²) in [6.07, 6.45) is 2.10. The zero-order valence-corrected chi connectivity index (χ0v) is 19.6. The van der Waals surface area contributed by atoms with Crippen molar-refractivity contribution in [3.05, 3.63) is 41.1 Å². The van der Waals surface area contributed by atoms with Crippen molar-refractivity contribution >= 4 is 23.6 Å². The average molecular weight is 482 g/mol. The summed E-state index contributed by atoms with van der Waals surface area (Å²) in [6.45, 7) is 5.91. The summed E-state index contributed by atoms with van der Waals surface area (Å²) < 4.78 is 32.4. The molecule has 0 unspecified atom stereocenters. The first-order valence-corrected chi connectivity index (χ1v) is 10.8. The third kappa shape index (κ3) is 5.93. The van der Waals surface area contributed by atoms with Gasteiger partial charge in [0.2, 0.25) is 5.91 Å². The molecule has 0 spiro atoms. The van der Waals surface area contributed by atoms with Gasteiger partial charge in [0.05, 0.1) is 16.8 Å². The molecule has 3 atom stereocenters. The van der Waals surface area contributed by atoms with Gasteiger partial charge in [-0.3, -0.25) is 14.7 Å². The Morgan fingerprint density at radius 3 is 2.52 bits per heavy atom. The number of amides is 2. The van der Waals surface area contributed by atoms with Gasteiger partial charge in [-0.1, -0.05) is 11.6 Å². The molecular weight excluding hydrogens is 456 g/mol. The molecule has 2 aromatic heterocycles. The molecule has 0 aliphatic carbocycles. The number of likely N-dealkylation sites (tertiary alicyclic amines) is 1. The van der Waals surface area contributed by atoms with Crippen molar-refractivity contribution in [3.8, 4) is 11.3 Å². The van der Waals surface area contributed by atoms with Crippen LogP contribution in [-0.2, 0) is 22.8 Å². The molecular formula is C22H26ClF2N5O3. The lowest BCUT2D eigenvalue weighted by atomic mass is 10.1. The van der Waals surface area contributed by atoms with Crippen LogP contribution in [0.1, 0.15) is 45.5 Å². The van der Waals surface area contributed by atoms with Crippen molar-refractivity contribution < 1.29 is 23.1 Å². The highest BCUT2D eigenvalue weighted by Crippen LogP contribution is 2.29. The minimum atomic E-state index is -1.35. The molecule has 1 saturated heterocycles. The second-order valence-electron chi connectivity index (χ2n) is 8.80. The van der Waals surface area contributed by atoms with Gasteiger partial charge in [-0.25, -0.2) is 23.5 Å². The number of alkyl halides is 2. The molecule has 1 fully saturated rings. The van der Waals surface area contributed by atoms with Gasteiger partial charge < -0.3 is 10.1 Å². The van der Waals surface area contributed by atoms with Crippen molar-refractivity contribution in [3.63, 3.8) is 0 Å². The number of hydrogen-bond acceptors (Lipinski definition) is 6. The summed E-state index contributed by atoms with van der Waals surface area (Å²) >= 11 is 6.23. The van der Waals surface area contributed by atoms with Gasteiger partial charge >= 0.3 is 6.09 Å². The minimum Gasteiger partial charge on any atom is -0.444 e. The van der Waals surface area contributed by atoms with E-state index in [1.807, 2.05) is 0 Å². The Kier molecular flexibility index (Phi) is 7.46. The number of ether oxygens (including phenoxy) is 1. The van der Waals surface area contributed by atoms with Crippen LogP contribution in [0.15, 0.2) is 24.7 Å². The molecule has 0 saturated carbocycles. The van der Waals surface area contributed by atoms with Crippen molar-refractivity contribution in [1.29, 1.82) is 0 Å².